The fraction of sp³-hybridized carbons (Fsp3) is 0.375. The SMILES string of the molecule is C[C@@H](Cn1cccn1)NC(=O)C(C)(C)c1ccc(O)cc1. The van der Waals surface area contributed by atoms with Crippen LogP contribution in [0.1, 0.15) is 26.3 Å². The Hall–Kier alpha value is -2.30. The van der Waals surface area contributed by atoms with Crippen LogP contribution in [-0.2, 0) is 16.8 Å². The van der Waals surface area contributed by atoms with E-state index in [2.05, 4.69) is 10.4 Å². The lowest BCUT2D eigenvalue weighted by molar-refractivity contribution is -0.126. The van der Waals surface area contributed by atoms with Crippen molar-refractivity contribution in [3.63, 3.8) is 0 Å². The zero-order valence-corrected chi connectivity index (χ0v) is 12.6. The lowest BCUT2D eigenvalue weighted by Crippen LogP contribution is -2.45. The van der Waals surface area contributed by atoms with E-state index in [9.17, 15) is 9.90 Å². The molecule has 5 nitrogen and oxygen atoms in total. The number of benzene rings is 1. The molecular weight excluding hydrogens is 266 g/mol. The van der Waals surface area contributed by atoms with Gasteiger partial charge < -0.3 is 10.4 Å². The van der Waals surface area contributed by atoms with E-state index in [1.807, 2.05) is 33.0 Å². The average molecular weight is 287 g/mol. The van der Waals surface area contributed by atoms with Gasteiger partial charge in [-0.1, -0.05) is 12.1 Å². The Labute approximate surface area is 124 Å². The number of carbonyl (C=O) groups excluding carboxylic acids is 1. The average Bonchev–Trinajstić information content (AvgIpc) is 2.91. The van der Waals surface area contributed by atoms with Crippen LogP contribution in [0.4, 0.5) is 0 Å². The Morgan fingerprint density at radius 3 is 2.62 bits per heavy atom. The fourth-order valence-electron chi connectivity index (χ4n) is 2.15. The first-order valence-electron chi connectivity index (χ1n) is 6.97. The predicted octanol–water partition coefficient (Wildman–Crippen LogP) is 2.07. The second-order valence-corrected chi connectivity index (χ2v) is 5.77. The van der Waals surface area contributed by atoms with Crippen molar-refractivity contribution >= 4 is 5.91 Å². The molecule has 0 saturated carbocycles. The zero-order chi connectivity index (χ0) is 15.5. The van der Waals surface area contributed by atoms with Crippen molar-refractivity contribution in [2.45, 2.75) is 38.8 Å². The van der Waals surface area contributed by atoms with Crippen LogP contribution in [0.2, 0.25) is 0 Å². The third-order valence-corrected chi connectivity index (χ3v) is 3.55. The van der Waals surface area contributed by atoms with E-state index < -0.39 is 5.41 Å². The second kappa shape index (κ2) is 5.99. The lowest BCUT2D eigenvalue weighted by atomic mass is 9.83. The van der Waals surface area contributed by atoms with Gasteiger partial charge in [-0.3, -0.25) is 9.48 Å². The van der Waals surface area contributed by atoms with Crippen molar-refractivity contribution in [1.29, 1.82) is 0 Å². The smallest absolute Gasteiger partial charge is 0.230 e. The van der Waals surface area contributed by atoms with Gasteiger partial charge in [0.05, 0.1) is 12.0 Å². The van der Waals surface area contributed by atoms with Crippen LogP contribution in [0.5, 0.6) is 5.75 Å². The first kappa shape index (κ1) is 15.1. The van der Waals surface area contributed by atoms with Crippen LogP contribution >= 0.6 is 0 Å². The van der Waals surface area contributed by atoms with E-state index >= 15 is 0 Å². The predicted molar refractivity (Wildman–Crippen MR) is 81.0 cm³/mol. The largest absolute Gasteiger partial charge is 0.508 e. The van der Waals surface area contributed by atoms with Gasteiger partial charge >= 0.3 is 0 Å². The molecule has 2 aromatic rings. The molecule has 1 amide bonds. The molecule has 1 heterocycles. The van der Waals surface area contributed by atoms with Gasteiger partial charge in [0.25, 0.3) is 0 Å². The van der Waals surface area contributed by atoms with Gasteiger partial charge in [0, 0.05) is 18.4 Å². The molecule has 5 heteroatoms. The molecule has 1 aromatic carbocycles. The molecule has 0 aliphatic heterocycles. The summed E-state index contributed by atoms with van der Waals surface area (Å²) < 4.78 is 1.79. The summed E-state index contributed by atoms with van der Waals surface area (Å²) in [6.07, 6.45) is 3.59. The molecule has 0 saturated heterocycles. The highest BCUT2D eigenvalue weighted by Gasteiger charge is 2.30. The summed E-state index contributed by atoms with van der Waals surface area (Å²) in [5.41, 5.74) is 0.204. The van der Waals surface area contributed by atoms with Gasteiger partial charge in [0.2, 0.25) is 5.91 Å². The normalized spacial score (nSPS) is 12.9. The van der Waals surface area contributed by atoms with Gasteiger partial charge in [-0.25, -0.2) is 0 Å². The molecule has 1 aromatic heterocycles. The molecule has 0 spiro atoms. The van der Waals surface area contributed by atoms with Crippen LogP contribution in [0.25, 0.3) is 0 Å². The number of hydrogen-bond donors (Lipinski definition) is 2. The van der Waals surface area contributed by atoms with E-state index in [4.69, 9.17) is 0 Å². The number of phenols is 1. The molecule has 1 atom stereocenters. The Balaban J connectivity index is 2.02. The van der Waals surface area contributed by atoms with Crippen LogP contribution in [0.3, 0.4) is 0 Å². The number of hydrogen-bond acceptors (Lipinski definition) is 3. The number of nitrogens with one attached hydrogen (secondary N) is 1. The number of phenolic OH excluding ortho intramolecular Hbond substituents is 1. The summed E-state index contributed by atoms with van der Waals surface area (Å²) in [7, 11) is 0. The van der Waals surface area contributed by atoms with E-state index in [1.54, 1.807) is 35.1 Å². The molecule has 0 aliphatic carbocycles. The summed E-state index contributed by atoms with van der Waals surface area (Å²) in [5.74, 6) is 0.148. The van der Waals surface area contributed by atoms with Crippen molar-refractivity contribution in [1.82, 2.24) is 15.1 Å². The molecule has 0 radical (unpaired) electrons. The summed E-state index contributed by atoms with van der Waals surface area (Å²) in [4.78, 5) is 12.5. The minimum absolute atomic E-state index is 0.0196. The van der Waals surface area contributed by atoms with Crippen LogP contribution < -0.4 is 5.32 Å². The third kappa shape index (κ3) is 3.62. The number of nitrogens with zero attached hydrogens (tertiary/aromatic N) is 2. The van der Waals surface area contributed by atoms with Crippen LogP contribution in [-0.4, -0.2) is 26.8 Å². The molecule has 0 bridgehead atoms. The highest BCUT2D eigenvalue weighted by atomic mass is 16.3. The number of aromatic hydroxyl groups is 1. The maximum atomic E-state index is 12.5. The minimum atomic E-state index is -0.661. The van der Waals surface area contributed by atoms with Crippen LogP contribution in [0, 0.1) is 0 Å². The highest BCUT2D eigenvalue weighted by molar-refractivity contribution is 5.87. The Morgan fingerprint density at radius 2 is 2.05 bits per heavy atom. The topological polar surface area (TPSA) is 67.2 Å². The summed E-state index contributed by atoms with van der Waals surface area (Å²) in [6, 6.07) is 8.57. The number of carbonyl (C=O) groups is 1. The van der Waals surface area contributed by atoms with Gasteiger partial charge in [0.1, 0.15) is 5.75 Å². The molecular formula is C16H21N3O2. The molecule has 0 fully saturated rings. The molecule has 0 aliphatic rings. The van der Waals surface area contributed by atoms with Gasteiger partial charge in [-0.05, 0) is 44.5 Å². The first-order valence-corrected chi connectivity index (χ1v) is 6.97. The quantitative estimate of drug-likeness (QED) is 0.884. The summed E-state index contributed by atoms with van der Waals surface area (Å²) >= 11 is 0. The third-order valence-electron chi connectivity index (χ3n) is 3.55. The van der Waals surface area contributed by atoms with Crippen molar-refractivity contribution in [3.8, 4) is 5.75 Å². The van der Waals surface area contributed by atoms with E-state index in [1.165, 1.54) is 0 Å². The number of amides is 1. The molecule has 2 rings (SSSR count). The lowest BCUT2D eigenvalue weighted by Gasteiger charge is -2.26. The Morgan fingerprint density at radius 1 is 1.38 bits per heavy atom. The van der Waals surface area contributed by atoms with Gasteiger partial charge in [-0.15, -0.1) is 0 Å². The van der Waals surface area contributed by atoms with E-state index in [0.29, 0.717) is 6.54 Å². The zero-order valence-electron chi connectivity index (χ0n) is 12.6. The second-order valence-electron chi connectivity index (χ2n) is 5.77. The monoisotopic (exact) mass is 287 g/mol. The number of rotatable bonds is 5. The van der Waals surface area contributed by atoms with Crippen molar-refractivity contribution in [2.24, 2.45) is 0 Å². The standard InChI is InChI=1S/C16H21N3O2/c1-12(11-19-10-4-9-17-19)18-15(21)16(2,3)13-5-7-14(20)8-6-13/h4-10,12,20H,11H2,1-3H3,(H,18,21)/t12-/m0/s1. The Bertz CT molecular complexity index is 588. The summed E-state index contributed by atoms with van der Waals surface area (Å²) in [5, 5.41) is 16.5. The first-order chi connectivity index (χ1) is 9.89. The highest BCUT2D eigenvalue weighted by Crippen LogP contribution is 2.25. The fourth-order valence-corrected chi connectivity index (χ4v) is 2.15. The molecule has 21 heavy (non-hydrogen) atoms. The van der Waals surface area contributed by atoms with Crippen molar-refractivity contribution in [2.75, 3.05) is 0 Å². The van der Waals surface area contributed by atoms with Gasteiger partial charge in [0.15, 0.2) is 0 Å². The maximum absolute atomic E-state index is 12.5. The van der Waals surface area contributed by atoms with Crippen molar-refractivity contribution in [3.05, 3.63) is 48.3 Å². The Kier molecular flexibility index (Phi) is 4.31. The van der Waals surface area contributed by atoms with Crippen LogP contribution in [0.15, 0.2) is 42.7 Å². The molecule has 0 unspecified atom stereocenters. The van der Waals surface area contributed by atoms with Gasteiger partial charge in [-0.2, -0.15) is 5.10 Å². The maximum Gasteiger partial charge on any atom is 0.230 e. The van der Waals surface area contributed by atoms with E-state index in [-0.39, 0.29) is 17.7 Å². The summed E-state index contributed by atoms with van der Waals surface area (Å²) in [6.45, 7) is 6.32. The minimum Gasteiger partial charge on any atom is -0.508 e. The van der Waals surface area contributed by atoms with E-state index in [0.717, 1.165) is 5.56 Å². The number of aromatic nitrogens is 2. The molecule has 2 N–H and O–H groups in total. The van der Waals surface area contributed by atoms with Crippen molar-refractivity contribution < 1.29 is 9.90 Å². The molecule has 112 valence electrons.